The average molecular weight is 438 g/mol. The van der Waals surface area contributed by atoms with E-state index in [1.54, 1.807) is 42.5 Å². The van der Waals surface area contributed by atoms with Crippen molar-refractivity contribution in [2.75, 3.05) is 12.3 Å². The van der Waals surface area contributed by atoms with Crippen molar-refractivity contribution in [3.8, 4) is 24.7 Å². The number of carbonyl (C=O) groups excluding carboxylic acids is 2. The number of ether oxygens (including phenoxy) is 1. The Morgan fingerprint density at radius 2 is 1.71 bits per heavy atom. The van der Waals surface area contributed by atoms with E-state index in [-0.39, 0.29) is 30.4 Å². The molecule has 2 aromatic carbocycles. The molecule has 0 radical (unpaired) electrons. The highest BCUT2D eigenvalue weighted by Crippen LogP contribution is 2.23. The Bertz CT molecular complexity index is 920. The van der Waals surface area contributed by atoms with E-state index in [1.807, 2.05) is 0 Å². The highest BCUT2D eigenvalue weighted by molar-refractivity contribution is 9.10. The smallest absolute Gasteiger partial charge is 0.310 e. The number of anilines is 1. The lowest BCUT2D eigenvalue weighted by molar-refractivity contribution is -0.144. The summed E-state index contributed by atoms with van der Waals surface area (Å²) in [5.74, 6) is 4.34. The average Bonchev–Trinajstić information content (AvgIpc) is 2.68. The molecule has 0 unspecified atom stereocenters. The molecule has 4 nitrogen and oxygen atoms in total. The van der Waals surface area contributed by atoms with Crippen LogP contribution < -0.4 is 5.73 Å². The number of nitrogens with two attached hydrogens (primary N) is 1. The van der Waals surface area contributed by atoms with Gasteiger partial charge in [-0.2, -0.15) is 0 Å². The Hall–Kier alpha value is -3.02. The van der Waals surface area contributed by atoms with Gasteiger partial charge in [0, 0.05) is 40.0 Å². The zero-order valence-corrected chi connectivity index (χ0v) is 16.9. The van der Waals surface area contributed by atoms with Crippen molar-refractivity contribution >= 4 is 33.4 Å². The number of hydrogen-bond donors (Lipinski definition) is 1. The SMILES string of the molecule is C#CCC(CC#C)COC(=O)Cc1cccc(C(=O)c2ccc(Br)cc2)c1N. The predicted octanol–water partition coefficient (Wildman–Crippen LogP) is 4.01. The minimum Gasteiger partial charge on any atom is -0.465 e. The van der Waals surface area contributed by atoms with E-state index in [9.17, 15) is 9.59 Å². The van der Waals surface area contributed by atoms with Crippen LogP contribution in [0.5, 0.6) is 0 Å². The van der Waals surface area contributed by atoms with Gasteiger partial charge in [-0.15, -0.1) is 24.7 Å². The third-order valence-corrected chi connectivity index (χ3v) is 4.70. The molecule has 0 amide bonds. The van der Waals surface area contributed by atoms with Gasteiger partial charge < -0.3 is 10.5 Å². The van der Waals surface area contributed by atoms with Gasteiger partial charge in [-0.3, -0.25) is 9.59 Å². The molecule has 0 spiro atoms. The molecule has 2 aromatic rings. The summed E-state index contributed by atoms with van der Waals surface area (Å²) in [4.78, 5) is 24.9. The van der Waals surface area contributed by atoms with Crippen LogP contribution in [0.2, 0.25) is 0 Å². The first-order valence-corrected chi connectivity index (χ1v) is 9.45. The molecule has 0 bridgehead atoms. The second-order valence-corrected chi connectivity index (χ2v) is 7.17. The number of rotatable bonds is 8. The van der Waals surface area contributed by atoms with Crippen molar-refractivity contribution in [3.05, 3.63) is 63.6 Å². The van der Waals surface area contributed by atoms with Crippen LogP contribution in [-0.4, -0.2) is 18.4 Å². The monoisotopic (exact) mass is 437 g/mol. The largest absolute Gasteiger partial charge is 0.465 e. The number of terminal acetylenes is 2. The summed E-state index contributed by atoms with van der Waals surface area (Å²) < 4.78 is 6.17. The van der Waals surface area contributed by atoms with Gasteiger partial charge in [0.25, 0.3) is 0 Å². The van der Waals surface area contributed by atoms with Gasteiger partial charge in [0.05, 0.1) is 13.0 Å². The molecule has 28 heavy (non-hydrogen) atoms. The number of nitrogen functional groups attached to an aromatic ring is 1. The van der Waals surface area contributed by atoms with E-state index >= 15 is 0 Å². The van der Waals surface area contributed by atoms with Gasteiger partial charge in [0.1, 0.15) is 0 Å². The minimum absolute atomic E-state index is 0.0356. The number of ketones is 1. The van der Waals surface area contributed by atoms with Crippen molar-refractivity contribution < 1.29 is 14.3 Å². The summed E-state index contributed by atoms with van der Waals surface area (Å²) in [5.41, 5.74) is 7.84. The fourth-order valence-electron chi connectivity index (χ4n) is 2.66. The lowest BCUT2D eigenvalue weighted by atomic mass is 9.98. The van der Waals surface area contributed by atoms with Gasteiger partial charge in [-0.05, 0) is 35.9 Å². The van der Waals surface area contributed by atoms with Crippen LogP contribution in [-0.2, 0) is 16.0 Å². The second-order valence-electron chi connectivity index (χ2n) is 6.26. The number of halogens is 1. The number of hydrogen-bond acceptors (Lipinski definition) is 4. The Kier molecular flexibility index (Phi) is 7.87. The van der Waals surface area contributed by atoms with E-state index in [2.05, 4.69) is 27.8 Å². The summed E-state index contributed by atoms with van der Waals surface area (Å²) in [6.07, 6.45) is 11.4. The fraction of sp³-hybridized carbons (Fsp3) is 0.217. The minimum atomic E-state index is -0.445. The molecule has 2 N–H and O–H groups in total. The highest BCUT2D eigenvalue weighted by atomic mass is 79.9. The third kappa shape index (κ3) is 5.74. The third-order valence-electron chi connectivity index (χ3n) is 4.18. The maximum atomic E-state index is 12.7. The molecule has 0 fully saturated rings. The second kappa shape index (κ2) is 10.3. The van der Waals surface area contributed by atoms with Crippen LogP contribution >= 0.6 is 15.9 Å². The molecule has 0 saturated heterocycles. The zero-order chi connectivity index (χ0) is 20.5. The first kappa shape index (κ1) is 21.3. The van der Waals surface area contributed by atoms with Crippen LogP contribution in [0.3, 0.4) is 0 Å². The van der Waals surface area contributed by atoms with Crippen molar-refractivity contribution in [2.24, 2.45) is 5.92 Å². The summed E-state index contributed by atoms with van der Waals surface area (Å²) in [6.45, 7) is 0.157. The topological polar surface area (TPSA) is 69.4 Å². The van der Waals surface area contributed by atoms with Gasteiger partial charge in [0.2, 0.25) is 0 Å². The van der Waals surface area contributed by atoms with Crippen LogP contribution in [0.4, 0.5) is 5.69 Å². The van der Waals surface area contributed by atoms with Gasteiger partial charge in [0.15, 0.2) is 5.78 Å². The van der Waals surface area contributed by atoms with Gasteiger partial charge in [-0.25, -0.2) is 0 Å². The molecule has 0 aliphatic rings. The van der Waals surface area contributed by atoms with Gasteiger partial charge in [-0.1, -0.05) is 28.1 Å². The summed E-state index contributed by atoms with van der Waals surface area (Å²) in [5, 5.41) is 0. The molecule has 0 saturated carbocycles. The van der Waals surface area contributed by atoms with Crippen molar-refractivity contribution in [1.29, 1.82) is 0 Å². The first-order chi connectivity index (χ1) is 13.5. The van der Waals surface area contributed by atoms with Crippen LogP contribution in [0, 0.1) is 30.6 Å². The van der Waals surface area contributed by atoms with E-state index in [0.29, 0.717) is 29.5 Å². The Morgan fingerprint density at radius 3 is 2.32 bits per heavy atom. The predicted molar refractivity (Wildman–Crippen MR) is 113 cm³/mol. The summed E-state index contributed by atoms with van der Waals surface area (Å²) in [7, 11) is 0. The molecule has 0 atom stereocenters. The van der Waals surface area contributed by atoms with Gasteiger partial charge >= 0.3 is 5.97 Å². The molecule has 5 heteroatoms. The fourth-order valence-corrected chi connectivity index (χ4v) is 2.93. The Balaban J connectivity index is 2.09. The number of para-hydroxylation sites is 1. The molecular formula is C23H20BrNO3. The van der Waals surface area contributed by atoms with E-state index in [4.69, 9.17) is 23.3 Å². The Morgan fingerprint density at radius 1 is 1.07 bits per heavy atom. The normalized spacial score (nSPS) is 10.1. The number of carbonyl (C=O) groups is 2. The van der Waals surface area contributed by atoms with Crippen LogP contribution in [0.25, 0.3) is 0 Å². The number of benzene rings is 2. The van der Waals surface area contributed by atoms with Crippen molar-refractivity contribution in [2.45, 2.75) is 19.3 Å². The summed E-state index contributed by atoms with van der Waals surface area (Å²) >= 11 is 3.34. The van der Waals surface area contributed by atoms with E-state index < -0.39 is 5.97 Å². The molecular weight excluding hydrogens is 418 g/mol. The molecule has 0 aliphatic carbocycles. The molecule has 0 aliphatic heterocycles. The Labute approximate surface area is 173 Å². The van der Waals surface area contributed by atoms with E-state index in [1.165, 1.54) is 0 Å². The lowest BCUT2D eigenvalue weighted by Gasteiger charge is -2.13. The lowest BCUT2D eigenvalue weighted by Crippen LogP contribution is -2.16. The number of esters is 1. The van der Waals surface area contributed by atoms with E-state index in [0.717, 1.165) is 4.47 Å². The summed E-state index contributed by atoms with van der Waals surface area (Å²) in [6, 6.07) is 12.0. The quantitative estimate of drug-likeness (QED) is 0.293. The molecule has 0 heterocycles. The first-order valence-electron chi connectivity index (χ1n) is 8.66. The van der Waals surface area contributed by atoms with Crippen molar-refractivity contribution in [3.63, 3.8) is 0 Å². The standard InChI is InChI=1S/C23H20BrNO3/c1-3-6-16(7-4-2)15-28-21(26)14-18-8-5-9-20(22(18)25)23(27)17-10-12-19(24)13-11-17/h1-2,5,8-13,16H,6-7,14-15,25H2. The van der Waals surface area contributed by atoms with Crippen molar-refractivity contribution in [1.82, 2.24) is 0 Å². The molecule has 0 aromatic heterocycles. The van der Waals surface area contributed by atoms with Crippen LogP contribution in [0.1, 0.15) is 34.3 Å². The molecule has 142 valence electrons. The van der Waals surface area contributed by atoms with Crippen LogP contribution in [0.15, 0.2) is 46.9 Å². The zero-order valence-electron chi connectivity index (χ0n) is 15.3. The molecule has 2 rings (SSSR count). The maximum Gasteiger partial charge on any atom is 0.310 e. The highest BCUT2D eigenvalue weighted by Gasteiger charge is 2.17. The maximum absolute atomic E-state index is 12.7.